The lowest BCUT2D eigenvalue weighted by molar-refractivity contribution is 0.764. The van der Waals surface area contributed by atoms with Crippen LogP contribution in [0.2, 0.25) is 0 Å². The number of nitrogens with zero attached hydrogens (tertiary/aromatic N) is 1. The second-order valence-electron chi connectivity index (χ2n) is 3.31. The topological polar surface area (TPSA) is 3.24 Å². The van der Waals surface area contributed by atoms with E-state index in [4.69, 9.17) is 0 Å². The van der Waals surface area contributed by atoms with Gasteiger partial charge in [0.05, 0.1) is 0 Å². The number of rotatable bonds is 1. The lowest BCUT2D eigenvalue weighted by atomic mass is 10.2. The summed E-state index contributed by atoms with van der Waals surface area (Å²) in [6.45, 7) is 3.35. The summed E-state index contributed by atoms with van der Waals surface area (Å²) in [5.74, 6) is 0.685. The Morgan fingerprint density at radius 1 is 1.25 bits per heavy atom. The summed E-state index contributed by atoms with van der Waals surface area (Å²) in [5, 5.41) is 0. The van der Waals surface area contributed by atoms with Crippen molar-refractivity contribution in [2.45, 2.75) is 6.92 Å². The number of benzene rings is 1. The summed E-state index contributed by atoms with van der Waals surface area (Å²) in [6.07, 6.45) is 4.41. The zero-order valence-electron chi connectivity index (χ0n) is 7.27. The van der Waals surface area contributed by atoms with E-state index in [2.05, 4.69) is 48.4 Å². The van der Waals surface area contributed by atoms with E-state index in [0.29, 0.717) is 5.92 Å². The normalized spacial score (nSPS) is 21.8. The molecule has 0 spiro atoms. The summed E-state index contributed by atoms with van der Waals surface area (Å²) in [6, 6.07) is 10.5. The first-order valence-electron chi connectivity index (χ1n) is 4.36. The van der Waals surface area contributed by atoms with Crippen molar-refractivity contribution in [1.29, 1.82) is 0 Å². The SMILES string of the molecule is CC1C=CN(c2ccccc2)C1. The van der Waals surface area contributed by atoms with E-state index in [1.54, 1.807) is 0 Å². The van der Waals surface area contributed by atoms with Crippen LogP contribution in [0.3, 0.4) is 0 Å². The van der Waals surface area contributed by atoms with Crippen LogP contribution in [-0.4, -0.2) is 6.54 Å². The maximum absolute atomic E-state index is 2.28. The van der Waals surface area contributed by atoms with Crippen molar-refractivity contribution in [3.63, 3.8) is 0 Å². The lowest BCUT2D eigenvalue weighted by Gasteiger charge is -2.16. The minimum absolute atomic E-state index is 0.685. The number of hydrogen-bond acceptors (Lipinski definition) is 1. The monoisotopic (exact) mass is 159 g/mol. The highest BCUT2D eigenvalue weighted by Crippen LogP contribution is 2.20. The highest BCUT2D eigenvalue weighted by molar-refractivity contribution is 5.50. The van der Waals surface area contributed by atoms with Gasteiger partial charge in [0.2, 0.25) is 0 Å². The zero-order valence-corrected chi connectivity index (χ0v) is 7.27. The Balaban J connectivity index is 2.18. The summed E-state index contributed by atoms with van der Waals surface area (Å²) in [4.78, 5) is 2.28. The highest BCUT2D eigenvalue weighted by atomic mass is 15.1. The lowest BCUT2D eigenvalue weighted by Crippen LogP contribution is -2.15. The molecule has 0 N–H and O–H groups in total. The summed E-state index contributed by atoms with van der Waals surface area (Å²) in [5.41, 5.74) is 1.29. The molecule has 12 heavy (non-hydrogen) atoms. The third kappa shape index (κ3) is 1.35. The predicted molar refractivity (Wildman–Crippen MR) is 52.1 cm³/mol. The third-order valence-corrected chi connectivity index (χ3v) is 2.17. The maximum atomic E-state index is 2.28. The quantitative estimate of drug-likeness (QED) is 0.609. The standard InChI is InChI=1S/C11H13N/c1-10-7-8-12(9-10)11-5-3-2-4-6-11/h2-8,10H,9H2,1H3. The molecule has 1 aromatic carbocycles. The van der Waals surface area contributed by atoms with E-state index in [0.717, 1.165) is 6.54 Å². The van der Waals surface area contributed by atoms with Crippen LogP contribution in [0, 0.1) is 5.92 Å². The first-order valence-corrected chi connectivity index (χ1v) is 4.36. The van der Waals surface area contributed by atoms with Crippen LogP contribution in [0.25, 0.3) is 0 Å². The van der Waals surface area contributed by atoms with Crippen molar-refractivity contribution in [3.05, 3.63) is 42.6 Å². The molecule has 0 aromatic heterocycles. The molecule has 0 fully saturated rings. The molecule has 1 atom stereocenters. The van der Waals surface area contributed by atoms with Crippen LogP contribution in [0.1, 0.15) is 6.92 Å². The van der Waals surface area contributed by atoms with Gasteiger partial charge in [-0.25, -0.2) is 0 Å². The molecule has 1 nitrogen and oxygen atoms in total. The number of hydrogen-bond donors (Lipinski definition) is 0. The fourth-order valence-electron chi connectivity index (χ4n) is 1.49. The van der Waals surface area contributed by atoms with Crippen LogP contribution in [0.5, 0.6) is 0 Å². The smallest absolute Gasteiger partial charge is 0.0406 e. The number of para-hydroxylation sites is 1. The van der Waals surface area contributed by atoms with E-state index in [9.17, 15) is 0 Å². The van der Waals surface area contributed by atoms with E-state index in [1.807, 2.05) is 6.07 Å². The van der Waals surface area contributed by atoms with Gasteiger partial charge in [0.15, 0.2) is 0 Å². The molecule has 1 heteroatoms. The molecule has 1 heterocycles. The molecule has 1 aromatic rings. The van der Waals surface area contributed by atoms with E-state index in [-0.39, 0.29) is 0 Å². The predicted octanol–water partition coefficient (Wildman–Crippen LogP) is 2.66. The molecule has 62 valence electrons. The van der Waals surface area contributed by atoms with E-state index in [1.165, 1.54) is 5.69 Å². The highest BCUT2D eigenvalue weighted by Gasteiger charge is 2.11. The van der Waals surface area contributed by atoms with Crippen LogP contribution < -0.4 is 4.90 Å². The van der Waals surface area contributed by atoms with Gasteiger partial charge in [-0.2, -0.15) is 0 Å². The summed E-state index contributed by atoms with van der Waals surface area (Å²) < 4.78 is 0. The average Bonchev–Trinajstić information content (AvgIpc) is 2.54. The average molecular weight is 159 g/mol. The summed E-state index contributed by atoms with van der Waals surface area (Å²) in [7, 11) is 0. The van der Waals surface area contributed by atoms with Gasteiger partial charge in [0.25, 0.3) is 0 Å². The second kappa shape index (κ2) is 3.02. The van der Waals surface area contributed by atoms with Crippen molar-refractivity contribution < 1.29 is 0 Å². The summed E-state index contributed by atoms with van der Waals surface area (Å²) >= 11 is 0. The molecule has 1 unspecified atom stereocenters. The second-order valence-corrected chi connectivity index (χ2v) is 3.31. The third-order valence-electron chi connectivity index (χ3n) is 2.17. The van der Waals surface area contributed by atoms with Crippen molar-refractivity contribution in [3.8, 4) is 0 Å². The fourth-order valence-corrected chi connectivity index (χ4v) is 1.49. The van der Waals surface area contributed by atoms with Crippen LogP contribution in [0.15, 0.2) is 42.6 Å². The minimum atomic E-state index is 0.685. The van der Waals surface area contributed by atoms with Gasteiger partial charge < -0.3 is 4.90 Å². The number of anilines is 1. The van der Waals surface area contributed by atoms with Gasteiger partial charge >= 0.3 is 0 Å². The molecule has 0 amide bonds. The van der Waals surface area contributed by atoms with E-state index >= 15 is 0 Å². The van der Waals surface area contributed by atoms with Crippen LogP contribution in [-0.2, 0) is 0 Å². The minimum Gasteiger partial charge on any atom is -0.348 e. The molecular formula is C11H13N. The molecule has 0 aliphatic carbocycles. The largest absolute Gasteiger partial charge is 0.348 e. The van der Waals surface area contributed by atoms with Crippen molar-refractivity contribution >= 4 is 5.69 Å². The molecule has 1 aliphatic rings. The van der Waals surface area contributed by atoms with Gasteiger partial charge in [-0.15, -0.1) is 0 Å². The van der Waals surface area contributed by atoms with Gasteiger partial charge in [-0.05, 0) is 18.1 Å². The van der Waals surface area contributed by atoms with Crippen molar-refractivity contribution in [2.75, 3.05) is 11.4 Å². The molecule has 0 saturated heterocycles. The van der Waals surface area contributed by atoms with Crippen molar-refractivity contribution in [2.24, 2.45) is 5.92 Å². The Morgan fingerprint density at radius 2 is 2.00 bits per heavy atom. The Morgan fingerprint density at radius 3 is 2.58 bits per heavy atom. The zero-order chi connectivity index (χ0) is 8.39. The Bertz CT molecular complexity index is 276. The molecule has 0 bridgehead atoms. The Labute approximate surface area is 73.3 Å². The van der Waals surface area contributed by atoms with Gasteiger partial charge in [-0.3, -0.25) is 0 Å². The first kappa shape index (κ1) is 7.41. The van der Waals surface area contributed by atoms with Crippen LogP contribution in [0.4, 0.5) is 5.69 Å². The first-order chi connectivity index (χ1) is 5.86. The Kier molecular flexibility index (Phi) is 1.86. The molecular weight excluding hydrogens is 146 g/mol. The molecule has 0 radical (unpaired) electrons. The molecule has 2 rings (SSSR count). The Hall–Kier alpha value is -1.24. The van der Waals surface area contributed by atoms with Crippen molar-refractivity contribution in [1.82, 2.24) is 0 Å². The fraction of sp³-hybridized carbons (Fsp3) is 0.273. The maximum Gasteiger partial charge on any atom is 0.0406 e. The van der Waals surface area contributed by atoms with Gasteiger partial charge in [-0.1, -0.05) is 31.2 Å². The van der Waals surface area contributed by atoms with E-state index < -0.39 is 0 Å². The van der Waals surface area contributed by atoms with Crippen LogP contribution >= 0.6 is 0 Å². The van der Waals surface area contributed by atoms with Gasteiger partial charge in [0.1, 0.15) is 0 Å². The van der Waals surface area contributed by atoms with Gasteiger partial charge in [0, 0.05) is 18.4 Å². The molecule has 1 aliphatic heterocycles. The molecule has 0 saturated carbocycles.